The summed E-state index contributed by atoms with van der Waals surface area (Å²) in [6.07, 6.45) is 3.73. The van der Waals surface area contributed by atoms with Gasteiger partial charge in [-0.25, -0.2) is 0 Å². The standard InChI is InChI=1S/C21H18N6OS/c28-20(26-13-5-7-15-6-1-2-9-17(15)26)14-29-19-11-10-18-23-24-21(27(18)25-19)16-8-3-4-12-22-16/h1-4,6,8-12H,5,7,13-14H2. The molecule has 4 heterocycles. The number of hydrogen-bond donors (Lipinski definition) is 0. The number of anilines is 1. The first kappa shape index (κ1) is 17.8. The number of carbonyl (C=O) groups excluding carboxylic acids is 1. The van der Waals surface area contributed by atoms with Gasteiger partial charge in [-0.2, -0.15) is 9.61 Å². The van der Waals surface area contributed by atoms with Crippen LogP contribution in [0.2, 0.25) is 0 Å². The number of para-hydroxylation sites is 1. The zero-order chi connectivity index (χ0) is 19.6. The number of benzene rings is 1. The third-order valence-electron chi connectivity index (χ3n) is 4.89. The SMILES string of the molecule is O=C(CSc1ccc2nnc(-c3ccccn3)n2n1)N1CCCc2ccccc21. The molecular formula is C21H18N6OS. The zero-order valence-corrected chi connectivity index (χ0v) is 16.4. The molecule has 29 heavy (non-hydrogen) atoms. The van der Waals surface area contributed by atoms with E-state index in [2.05, 4.69) is 26.3 Å². The minimum absolute atomic E-state index is 0.0951. The number of nitrogens with zero attached hydrogens (tertiary/aromatic N) is 6. The van der Waals surface area contributed by atoms with E-state index in [1.165, 1.54) is 17.3 Å². The first-order chi connectivity index (χ1) is 14.3. The van der Waals surface area contributed by atoms with Gasteiger partial charge in [-0.3, -0.25) is 9.78 Å². The summed E-state index contributed by atoms with van der Waals surface area (Å²) in [6.45, 7) is 0.762. The minimum Gasteiger partial charge on any atom is -0.311 e. The number of carbonyl (C=O) groups is 1. The van der Waals surface area contributed by atoms with Crippen molar-refractivity contribution >= 4 is 29.0 Å². The van der Waals surface area contributed by atoms with Gasteiger partial charge in [0.25, 0.3) is 0 Å². The van der Waals surface area contributed by atoms with Crippen molar-refractivity contribution in [3.8, 4) is 11.5 Å². The average molecular weight is 402 g/mol. The molecule has 0 saturated heterocycles. The van der Waals surface area contributed by atoms with Crippen LogP contribution in [0.5, 0.6) is 0 Å². The second-order valence-electron chi connectivity index (χ2n) is 6.75. The normalized spacial score (nSPS) is 13.4. The first-order valence-electron chi connectivity index (χ1n) is 9.44. The third-order valence-corrected chi connectivity index (χ3v) is 5.79. The van der Waals surface area contributed by atoms with Crippen LogP contribution < -0.4 is 4.90 Å². The fourth-order valence-corrected chi connectivity index (χ4v) is 4.24. The maximum Gasteiger partial charge on any atom is 0.237 e. The molecule has 0 saturated carbocycles. The van der Waals surface area contributed by atoms with Gasteiger partial charge in [0, 0.05) is 18.4 Å². The van der Waals surface area contributed by atoms with Crippen LogP contribution in [0.25, 0.3) is 17.2 Å². The molecular weight excluding hydrogens is 384 g/mol. The summed E-state index contributed by atoms with van der Waals surface area (Å²) in [5.41, 5.74) is 3.62. The first-order valence-corrected chi connectivity index (χ1v) is 10.4. The van der Waals surface area contributed by atoms with Crippen molar-refractivity contribution in [2.24, 2.45) is 0 Å². The fourth-order valence-electron chi connectivity index (χ4n) is 3.51. The fraction of sp³-hybridized carbons (Fsp3) is 0.190. The van der Waals surface area contributed by atoms with Gasteiger partial charge in [0.05, 0.1) is 5.75 Å². The highest BCUT2D eigenvalue weighted by Crippen LogP contribution is 2.28. The van der Waals surface area contributed by atoms with Crippen LogP contribution in [0, 0.1) is 0 Å². The number of pyridine rings is 1. The van der Waals surface area contributed by atoms with Crippen molar-refractivity contribution in [2.75, 3.05) is 17.2 Å². The Morgan fingerprint density at radius 2 is 1.93 bits per heavy atom. The molecule has 0 radical (unpaired) electrons. The second-order valence-corrected chi connectivity index (χ2v) is 7.74. The highest BCUT2D eigenvalue weighted by Gasteiger charge is 2.22. The highest BCUT2D eigenvalue weighted by molar-refractivity contribution is 7.99. The number of thioether (sulfide) groups is 1. The van der Waals surface area contributed by atoms with E-state index in [-0.39, 0.29) is 5.91 Å². The van der Waals surface area contributed by atoms with Gasteiger partial charge >= 0.3 is 0 Å². The molecule has 0 spiro atoms. The van der Waals surface area contributed by atoms with Crippen molar-refractivity contribution in [3.05, 3.63) is 66.4 Å². The molecule has 1 aliphatic heterocycles. The van der Waals surface area contributed by atoms with Gasteiger partial charge in [-0.1, -0.05) is 36.0 Å². The largest absolute Gasteiger partial charge is 0.311 e. The molecule has 0 atom stereocenters. The quantitative estimate of drug-likeness (QED) is 0.488. The van der Waals surface area contributed by atoms with Crippen molar-refractivity contribution in [3.63, 3.8) is 0 Å². The molecule has 0 unspecified atom stereocenters. The molecule has 3 aromatic heterocycles. The molecule has 0 aliphatic carbocycles. The van der Waals surface area contributed by atoms with E-state index < -0.39 is 0 Å². The Kier molecular flexibility index (Phi) is 4.69. The average Bonchev–Trinajstić information content (AvgIpc) is 3.21. The van der Waals surface area contributed by atoms with Gasteiger partial charge in [-0.05, 0) is 48.7 Å². The van der Waals surface area contributed by atoms with Crippen LogP contribution >= 0.6 is 11.8 Å². The third kappa shape index (κ3) is 3.47. The number of aryl methyl sites for hydroxylation is 1. The topological polar surface area (TPSA) is 76.3 Å². The van der Waals surface area contributed by atoms with E-state index in [0.717, 1.165) is 30.1 Å². The molecule has 7 nitrogen and oxygen atoms in total. The van der Waals surface area contributed by atoms with Gasteiger partial charge < -0.3 is 4.90 Å². The number of fused-ring (bicyclic) bond motifs is 2. The van der Waals surface area contributed by atoms with Gasteiger partial charge in [0.2, 0.25) is 11.7 Å². The Morgan fingerprint density at radius 3 is 2.83 bits per heavy atom. The maximum absolute atomic E-state index is 12.9. The Hall–Kier alpha value is -3.26. The summed E-state index contributed by atoms with van der Waals surface area (Å²) < 4.78 is 1.67. The van der Waals surface area contributed by atoms with Crippen LogP contribution in [0.3, 0.4) is 0 Å². The van der Waals surface area contributed by atoms with E-state index in [1.54, 1.807) is 10.7 Å². The molecule has 5 rings (SSSR count). The molecule has 1 aromatic carbocycles. The van der Waals surface area contributed by atoms with Crippen LogP contribution in [0.1, 0.15) is 12.0 Å². The Morgan fingerprint density at radius 1 is 1.03 bits per heavy atom. The summed E-state index contributed by atoms with van der Waals surface area (Å²) in [6, 6.07) is 17.5. The lowest BCUT2D eigenvalue weighted by Crippen LogP contribution is -2.36. The Balaban J connectivity index is 1.36. The highest BCUT2D eigenvalue weighted by atomic mass is 32.2. The second kappa shape index (κ2) is 7.63. The zero-order valence-electron chi connectivity index (χ0n) is 15.6. The lowest BCUT2D eigenvalue weighted by molar-refractivity contribution is -0.116. The Labute approximate surface area is 171 Å². The van der Waals surface area contributed by atoms with Gasteiger partial charge in [0.1, 0.15) is 10.7 Å². The van der Waals surface area contributed by atoms with E-state index in [9.17, 15) is 4.79 Å². The van der Waals surface area contributed by atoms with Crippen LogP contribution in [-0.2, 0) is 11.2 Å². The Bertz CT molecular complexity index is 1180. The van der Waals surface area contributed by atoms with E-state index in [4.69, 9.17) is 0 Å². The van der Waals surface area contributed by atoms with Crippen LogP contribution in [-0.4, -0.2) is 43.0 Å². The monoisotopic (exact) mass is 402 g/mol. The minimum atomic E-state index is 0.0951. The van der Waals surface area contributed by atoms with Crippen molar-refractivity contribution < 1.29 is 4.79 Å². The molecule has 0 fully saturated rings. The lowest BCUT2D eigenvalue weighted by atomic mass is 10.0. The summed E-state index contributed by atoms with van der Waals surface area (Å²) >= 11 is 1.42. The summed E-state index contributed by atoms with van der Waals surface area (Å²) in [5.74, 6) is 1.01. The van der Waals surface area contributed by atoms with E-state index in [1.807, 2.05) is 53.4 Å². The summed E-state index contributed by atoms with van der Waals surface area (Å²) in [4.78, 5) is 19.1. The molecule has 0 bridgehead atoms. The predicted octanol–water partition coefficient (Wildman–Crippen LogP) is 3.26. The van der Waals surface area contributed by atoms with Crippen molar-refractivity contribution in [1.82, 2.24) is 24.8 Å². The number of amides is 1. The number of hydrogen-bond acceptors (Lipinski definition) is 6. The van der Waals surface area contributed by atoms with Crippen LogP contribution in [0.15, 0.2) is 65.8 Å². The number of aromatic nitrogens is 5. The van der Waals surface area contributed by atoms with E-state index >= 15 is 0 Å². The van der Waals surface area contributed by atoms with Crippen LogP contribution in [0.4, 0.5) is 5.69 Å². The summed E-state index contributed by atoms with van der Waals surface area (Å²) in [7, 11) is 0. The molecule has 0 N–H and O–H groups in total. The molecule has 144 valence electrons. The smallest absolute Gasteiger partial charge is 0.237 e. The van der Waals surface area contributed by atoms with Crippen molar-refractivity contribution in [1.29, 1.82) is 0 Å². The van der Waals surface area contributed by atoms with Gasteiger partial charge in [-0.15, -0.1) is 10.2 Å². The van der Waals surface area contributed by atoms with Crippen molar-refractivity contribution in [2.45, 2.75) is 17.9 Å². The number of rotatable bonds is 4. The summed E-state index contributed by atoms with van der Waals surface area (Å²) in [5, 5.41) is 13.7. The maximum atomic E-state index is 12.9. The molecule has 8 heteroatoms. The molecule has 4 aromatic rings. The molecule has 1 amide bonds. The van der Waals surface area contributed by atoms with E-state index in [0.29, 0.717) is 22.9 Å². The predicted molar refractivity (Wildman–Crippen MR) is 112 cm³/mol. The van der Waals surface area contributed by atoms with Gasteiger partial charge in [0.15, 0.2) is 5.65 Å². The molecule has 1 aliphatic rings. The lowest BCUT2D eigenvalue weighted by Gasteiger charge is -2.29.